The van der Waals surface area contributed by atoms with E-state index in [1.54, 1.807) is 6.07 Å². The van der Waals surface area contributed by atoms with Crippen LogP contribution in [0.3, 0.4) is 0 Å². The average molecular weight is 360 g/mol. The number of nitrogens with one attached hydrogen (secondary N) is 2. The zero-order valence-corrected chi connectivity index (χ0v) is 14.0. The van der Waals surface area contributed by atoms with Crippen molar-refractivity contribution in [3.05, 3.63) is 38.9 Å². The van der Waals surface area contributed by atoms with Crippen molar-refractivity contribution in [3.8, 4) is 0 Å². The van der Waals surface area contributed by atoms with E-state index in [0.29, 0.717) is 17.6 Å². The van der Waals surface area contributed by atoms with Crippen molar-refractivity contribution >= 4 is 35.6 Å². The number of carbonyl (C=O) groups is 1. The molecular formula is C15H19Cl2N3O3. The second kappa shape index (κ2) is 7.47. The van der Waals surface area contributed by atoms with E-state index < -0.39 is 4.92 Å². The Balaban J connectivity index is 0.00000192. The third kappa shape index (κ3) is 4.34. The van der Waals surface area contributed by atoms with E-state index in [4.69, 9.17) is 11.6 Å². The minimum absolute atomic E-state index is 0. The molecule has 2 N–H and O–H groups in total. The number of hydrogen-bond donors (Lipinski definition) is 2. The second-order valence-corrected chi connectivity index (χ2v) is 6.49. The average Bonchev–Trinajstić information content (AvgIpc) is 2.80. The quantitative estimate of drug-likeness (QED) is 0.639. The Morgan fingerprint density at radius 2 is 2.00 bits per heavy atom. The van der Waals surface area contributed by atoms with E-state index >= 15 is 0 Å². The smallest absolute Gasteiger partial charge is 0.270 e. The monoisotopic (exact) mass is 359 g/mol. The van der Waals surface area contributed by atoms with Gasteiger partial charge in [0.2, 0.25) is 5.91 Å². The lowest BCUT2D eigenvalue weighted by Crippen LogP contribution is -2.48. The number of rotatable bonds is 4. The summed E-state index contributed by atoms with van der Waals surface area (Å²) >= 11 is 6.02. The maximum Gasteiger partial charge on any atom is 0.270 e. The molecule has 2 bridgehead atoms. The van der Waals surface area contributed by atoms with Gasteiger partial charge in [0, 0.05) is 30.3 Å². The minimum Gasteiger partial charge on any atom is -0.353 e. The van der Waals surface area contributed by atoms with Gasteiger partial charge in [-0.05, 0) is 31.2 Å². The SMILES string of the molecule is Cl.O=C(Cc1ccc([N+](=O)[O-])cc1Cl)NC1CC2CCC(C1)N2. The van der Waals surface area contributed by atoms with Crippen LogP contribution in [-0.2, 0) is 11.2 Å². The number of nitrogens with zero attached hydrogens (tertiary/aromatic N) is 1. The Morgan fingerprint density at radius 3 is 2.57 bits per heavy atom. The molecule has 3 rings (SSSR count). The van der Waals surface area contributed by atoms with Gasteiger partial charge in [0.25, 0.3) is 5.69 Å². The zero-order chi connectivity index (χ0) is 15.7. The number of nitro groups is 1. The highest BCUT2D eigenvalue weighted by Crippen LogP contribution is 2.27. The first-order chi connectivity index (χ1) is 10.5. The molecule has 6 nitrogen and oxygen atoms in total. The Kier molecular flexibility index (Phi) is 5.84. The topological polar surface area (TPSA) is 84.3 Å². The summed E-state index contributed by atoms with van der Waals surface area (Å²) in [5.74, 6) is -0.0814. The van der Waals surface area contributed by atoms with Crippen LogP contribution in [0.4, 0.5) is 5.69 Å². The third-order valence-corrected chi connectivity index (χ3v) is 4.79. The molecular weight excluding hydrogens is 341 g/mol. The van der Waals surface area contributed by atoms with E-state index in [-0.39, 0.29) is 41.5 Å². The van der Waals surface area contributed by atoms with Crippen molar-refractivity contribution in [2.24, 2.45) is 0 Å². The largest absolute Gasteiger partial charge is 0.353 e. The summed E-state index contributed by atoms with van der Waals surface area (Å²) in [6.45, 7) is 0. The second-order valence-electron chi connectivity index (χ2n) is 6.08. The van der Waals surface area contributed by atoms with E-state index in [0.717, 1.165) is 12.8 Å². The zero-order valence-electron chi connectivity index (χ0n) is 12.5. The first-order valence-electron chi connectivity index (χ1n) is 7.49. The number of carbonyl (C=O) groups excluding carboxylic acids is 1. The van der Waals surface area contributed by atoms with Crippen LogP contribution in [0.25, 0.3) is 0 Å². The number of non-ortho nitro benzene ring substituents is 1. The summed E-state index contributed by atoms with van der Waals surface area (Å²) in [5.41, 5.74) is 0.547. The summed E-state index contributed by atoms with van der Waals surface area (Å²) < 4.78 is 0. The highest BCUT2D eigenvalue weighted by atomic mass is 35.5. The van der Waals surface area contributed by atoms with E-state index in [1.807, 2.05) is 0 Å². The number of amides is 1. The van der Waals surface area contributed by atoms with Crippen molar-refractivity contribution in [1.82, 2.24) is 10.6 Å². The predicted molar refractivity (Wildman–Crippen MR) is 90.2 cm³/mol. The molecule has 2 heterocycles. The Bertz CT molecular complexity index is 600. The summed E-state index contributed by atoms with van der Waals surface area (Å²) in [6, 6.07) is 5.46. The number of halogens is 2. The van der Waals surface area contributed by atoms with Gasteiger partial charge in [-0.1, -0.05) is 17.7 Å². The third-order valence-electron chi connectivity index (χ3n) is 4.44. The van der Waals surface area contributed by atoms with Crippen LogP contribution in [0.5, 0.6) is 0 Å². The molecule has 2 aliphatic heterocycles. The minimum atomic E-state index is -0.499. The van der Waals surface area contributed by atoms with Crippen molar-refractivity contribution in [2.45, 2.75) is 50.2 Å². The number of benzene rings is 1. The Morgan fingerprint density at radius 1 is 1.35 bits per heavy atom. The standard InChI is InChI=1S/C15H18ClN3O3.ClH/c16-14-8-13(19(21)22)4-1-9(14)5-15(20)18-12-6-10-2-3-11(7-12)17-10;/h1,4,8,10-12,17H,2-3,5-7H2,(H,18,20);1H. The molecule has 1 amide bonds. The highest BCUT2D eigenvalue weighted by molar-refractivity contribution is 6.31. The van der Waals surface area contributed by atoms with Crippen molar-refractivity contribution in [2.75, 3.05) is 0 Å². The molecule has 2 fully saturated rings. The van der Waals surface area contributed by atoms with E-state index in [2.05, 4.69) is 10.6 Å². The molecule has 2 aliphatic rings. The van der Waals surface area contributed by atoms with E-state index in [1.165, 1.54) is 25.0 Å². The molecule has 1 aromatic rings. The van der Waals surface area contributed by atoms with Gasteiger partial charge in [0.05, 0.1) is 16.4 Å². The molecule has 126 valence electrons. The molecule has 2 atom stereocenters. The van der Waals surface area contributed by atoms with Gasteiger partial charge in [0.15, 0.2) is 0 Å². The fraction of sp³-hybridized carbons (Fsp3) is 0.533. The summed E-state index contributed by atoms with van der Waals surface area (Å²) in [7, 11) is 0. The first-order valence-corrected chi connectivity index (χ1v) is 7.87. The number of piperidine rings is 1. The molecule has 0 radical (unpaired) electrons. The maximum absolute atomic E-state index is 12.2. The summed E-state index contributed by atoms with van der Waals surface area (Å²) in [5, 5.41) is 17.5. The van der Waals surface area contributed by atoms with Gasteiger partial charge < -0.3 is 10.6 Å². The van der Waals surface area contributed by atoms with Gasteiger partial charge in [0.1, 0.15) is 0 Å². The maximum atomic E-state index is 12.2. The fourth-order valence-electron chi connectivity index (χ4n) is 3.42. The van der Waals surface area contributed by atoms with Crippen molar-refractivity contribution in [3.63, 3.8) is 0 Å². The molecule has 2 saturated heterocycles. The van der Waals surface area contributed by atoms with Crippen LogP contribution >= 0.6 is 24.0 Å². The van der Waals surface area contributed by atoms with Gasteiger partial charge in [-0.2, -0.15) is 0 Å². The molecule has 0 spiro atoms. The number of fused-ring (bicyclic) bond motifs is 2. The van der Waals surface area contributed by atoms with Crippen LogP contribution in [0, 0.1) is 10.1 Å². The molecule has 0 aliphatic carbocycles. The molecule has 2 unspecified atom stereocenters. The van der Waals surface area contributed by atoms with Crippen LogP contribution in [0.15, 0.2) is 18.2 Å². The molecule has 0 aromatic heterocycles. The Hall–Kier alpha value is -1.37. The fourth-order valence-corrected chi connectivity index (χ4v) is 3.66. The van der Waals surface area contributed by atoms with Gasteiger partial charge in [-0.3, -0.25) is 14.9 Å². The summed E-state index contributed by atoms with van der Waals surface area (Å²) in [6.07, 6.45) is 4.46. The highest BCUT2D eigenvalue weighted by Gasteiger charge is 2.33. The number of hydrogen-bond acceptors (Lipinski definition) is 4. The van der Waals surface area contributed by atoms with Gasteiger partial charge >= 0.3 is 0 Å². The van der Waals surface area contributed by atoms with E-state index in [9.17, 15) is 14.9 Å². The lowest BCUT2D eigenvalue weighted by molar-refractivity contribution is -0.384. The molecule has 0 saturated carbocycles. The van der Waals surface area contributed by atoms with Gasteiger partial charge in [-0.25, -0.2) is 0 Å². The van der Waals surface area contributed by atoms with Crippen molar-refractivity contribution < 1.29 is 9.72 Å². The van der Waals surface area contributed by atoms with Crippen LogP contribution in [-0.4, -0.2) is 29.0 Å². The van der Waals surface area contributed by atoms with Gasteiger partial charge in [-0.15, -0.1) is 12.4 Å². The molecule has 23 heavy (non-hydrogen) atoms. The normalized spacial score (nSPS) is 25.5. The van der Waals surface area contributed by atoms with Crippen LogP contribution in [0.1, 0.15) is 31.2 Å². The molecule has 1 aromatic carbocycles. The van der Waals surface area contributed by atoms with Crippen molar-refractivity contribution in [1.29, 1.82) is 0 Å². The Labute approximate surface area is 145 Å². The molecule has 8 heteroatoms. The first kappa shape index (κ1) is 18.0. The summed E-state index contributed by atoms with van der Waals surface area (Å²) in [4.78, 5) is 22.3. The lowest BCUT2D eigenvalue weighted by atomic mass is 9.99. The van der Waals surface area contributed by atoms with Crippen LogP contribution < -0.4 is 10.6 Å². The predicted octanol–water partition coefficient (Wildman–Crippen LogP) is 2.61. The van der Waals surface area contributed by atoms with Crippen LogP contribution in [0.2, 0.25) is 5.02 Å². The number of nitro benzene ring substituents is 1. The lowest BCUT2D eigenvalue weighted by Gasteiger charge is -2.29.